The smallest absolute Gasteiger partial charge is 0.326 e. The number of ether oxygens (including phenoxy) is 2. The Morgan fingerprint density at radius 2 is 1.52 bits per heavy atom. The molecule has 0 aliphatic carbocycles. The third-order valence-corrected chi connectivity index (χ3v) is 7.25. The van der Waals surface area contributed by atoms with Crippen molar-refractivity contribution in [2.24, 2.45) is 5.73 Å². The molecule has 0 bridgehead atoms. The number of aliphatic carboxylic acids is 2. The highest BCUT2D eigenvalue weighted by Gasteiger charge is 2.35. The van der Waals surface area contributed by atoms with Gasteiger partial charge in [-0.25, -0.2) is 4.79 Å². The van der Waals surface area contributed by atoms with Crippen molar-refractivity contribution >= 4 is 35.1 Å². The molecule has 0 saturated heterocycles. The number of carboxylic acid groups (broad SMARTS) is 2. The van der Waals surface area contributed by atoms with Gasteiger partial charge in [0.2, 0.25) is 5.91 Å². The Hall–Kier alpha value is -6.04. The summed E-state index contributed by atoms with van der Waals surface area (Å²) in [6, 6.07) is 24.3. The number of rotatable bonds is 15. The quantitative estimate of drug-likeness (QED) is 0.0571. The van der Waals surface area contributed by atoms with E-state index in [-0.39, 0.29) is 12.4 Å². The first kappa shape index (κ1) is 32.9. The van der Waals surface area contributed by atoms with Crippen LogP contribution >= 0.6 is 0 Å². The summed E-state index contributed by atoms with van der Waals surface area (Å²) in [4.78, 5) is 38.3. The predicted molar refractivity (Wildman–Crippen MR) is 173 cm³/mol. The molecular weight excluding hydrogens is 590 g/mol. The van der Waals surface area contributed by atoms with Gasteiger partial charge in [-0.3, -0.25) is 15.0 Å². The van der Waals surface area contributed by atoms with Gasteiger partial charge >= 0.3 is 11.9 Å². The maximum absolute atomic E-state index is 14.0. The third kappa shape index (κ3) is 8.53. The summed E-state index contributed by atoms with van der Waals surface area (Å²) in [6.07, 6.45) is -0.562. The largest absolute Gasteiger partial charge is 0.493 e. The standard InChI is InChI=1S/C34H35N5O7/c1-45-28-17-23(11-16-27(28)46-19-20-5-3-2-4-6-20)30(38-25-14-9-22(10-15-25)32(36)37)33(42)39-31(34(43)44)26(18-29(40)41)21-7-12-24(35)13-8-21/h2-17,26,30-31,38H,18-19,35H2,1H3,(H3,36,37)(H,39,42)(H,40,41)(H,43,44)/t26?,30-,31-/m0/s1. The number of amides is 1. The molecule has 9 N–H and O–H groups in total. The number of nitrogens with one attached hydrogen (secondary N) is 3. The molecular formula is C34H35N5O7. The van der Waals surface area contributed by atoms with E-state index in [1.807, 2.05) is 30.3 Å². The summed E-state index contributed by atoms with van der Waals surface area (Å²) in [5.41, 5.74) is 14.5. The number of carbonyl (C=O) groups is 3. The number of nitrogen functional groups attached to an aromatic ring is 2. The molecule has 0 aromatic heterocycles. The average Bonchev–Trinajstić information content (AvgIpc) is 3.05. The van der Waals surface area contributed by atoms with E-state index in [9.17, 15) is 24.6 Å². The first-order valence-electron chi connectivity index (χ1n) is 14.2. The van der Waals surface area contributed by atoms with Crippen LogP contribution in [-0.2, 0) is 21.0 Å². The van der Waals surface area contributed by atoms with Crippen LogP contribution in [0.1, 0.15) is 40.6 Å². The normalized spacial score (nSPS) is 12.6. The Labute approximate surface area is 265 Å². The first-order valence-corrected chi connectivity index (χ1v) is 14.2. The molecule has 4 rings (SSSR count). The lowest BCUT2D eigenvalue weighted by Gasteiger charge is -2.27. The zero-order valence-electron chi connectivity index (χ0n) is 25.0. The number of hydrogen-bond donors (Lipinski definition) is 7. The summed E-state index contributed by atoms with van der Waals surface area (Å²) in [7, 11) is 1.46. The molecule has 238 valence electrons. The van der Waals surface area contributed by atoms with Crippen molar-refractivity contribution in [3.05, 3.63) is 119 Å². The highest BCUT2D eigenvalue weighted by atomic mass is 16.5. The fourth-order valence-corrected chi connectivity index (χ4v) is 4.86. The van der Waals surface area contributed by atoms with Gasteiger partial charge in [-0.15, -0.1) is 0 Å². The van der Waals surface area contributed by atoms with Gasteiger partial charge in [0.15, 0.2) is 11.5 Å². The van der Waals surface area contributed by atoms with Gasteiger partial charge in [0.1, 0.15) is 24.5 Å². The number of carbonyl (C=O) groups excluding carboxylic acids is 1. The summed E-state index contributed by atoms with van der Waals surface area (Å²) in [6.45, 7) is 0.275. The molecule has 4 aromatic rings. The van der Waals surface area contributed by atoms with Crippen LogP contribution in [0.4, 0.5) is 11.4 Å². The van der Waals surface area contributed by atoms with Crippen molar-refractivity contribution in [1.82, 2.24) is 5.32 Å². The zero-order chi connectivity index (χ0) is 33.2. The topological polar surface area (TPSA) is 210 Å². The maximum atomic E-state index is 14.0. The maximum Gasteiger partial charge on any atom is 0.326 e. The highest BCUT2D eigenvalue weighted by molar-refractivity contribution is 5.95. The first-order chi connectivity index (χ1) is 22.0. The van der Waals surface area contributed by atoms with E-state index < -0.39 is 42.3 Å². The fourth-order valence-electron chi connectivity index (χ4n) is 4.86. The van der Waals surface area contributed by atoms with E-state index in [4.69, 9.17) is 26.4 Å². The van der Waals surface area contributed by atoms with Gasteiger partial charge in [0, 0.05) is 22.9 Å². The molecule has 0 heterocycles. The van der Waals surface area contributed by atoms with Gasteiger partial charge in [0.25, 0.3) is 0 Å². The van der Waals surface area contributed by atoms with Crippen LogP contribution in [0.3, 0.4) is 0 Å². The number of carboxylic acids is 2. The molecule has 12 nitrogen and oxygen atoms in total. The van der Waals surface area contributed by atoms with E-state index in [0.717, 1.165) is 5.56 Å². The van der Waals surface area contributed by atoms with Crippen LogP contribution in [-0.4, -0.2) is 47.0 Å². The third-order valence-electron chi connectivity index (χ3n) is 7.25. The monoisotopic (exact) mass is 625 g/mol. The van der Waals surface area contributed by atoms with E-state index in [1.165, 1.54) is 31.4 Å². The lowest BCUT2D eigenvalue weighted by Crippen LogP contribution is -2.48. The van der Waals surface area contributed by atoms with Gasteiger partial charge in [-0.1, -0.05) is 48.5 Å². The molecule has 0 radical (unpaired) electrons. The molecule has 1 amide bonds. The van der Waals surface area contributed by atoms with Crippen molar-refractivity contribution < 1.29 is 34.1 Å². The van der Waals surface area contributed by atoms with Crippen LogP contribution in [0.25, 0.3) is 0 Å². The molecule has 4 aromatic carbocycles. The summed E-state index contributed by atoms with van der Waals surface area (Å²) < 4.78 is 11.5. The highest BCUT2D eigenvalue weighted by Crippen LogP contribution is 2.33. The number of methoxy groups -OCH3 is 1. The number of nitrogens with two attached hydrogens (primary N) is 2. The van der Waals surface area contributed by atoms with Crippen LogP contribution in [0.2, 0.25) is 0 Å². The number of anilines is 2. The van der Waals surface area contributed by atoms with Crippen LogP contribution in [0.5, 0.6) is 11.5 Å². The zero-order valence-corrected chi connectivity index (χ0v) is 25.0. The Kier molecular flexibility index (Phi) is 10.8. The van der Waals surface area contributed by atoms with Crippen LogP contribution < -0.4 is 31.6 Å². The van der Waals surface area contributed by atoms with Crippen LogP contribution in [0, 0.1) is 5.41 Å². The van der Waals surface area contributed by atoms with Crippen molar-refractivity contribution in [3.63, 3.8) is 0 Å². The summed E-state index contributed by atoms with van der Waals surface area (Å²) >= 11 is 0. The van der Waals surface area contributed by atoms with Gasteiger partial charge < -0.3 is 41.8 Å². The lowest BCUT2D eigenvalue weighted by atomic mass is 9.88. The average molecular weight is 626 g/mol. The van der Waals surface area contributed by atoms with Crippen molar-refractivity contribution in [2.45, 2.75) is 31.0 Å². The summed E-state index contributed by atoms with van der Waals surface area (Å²) in [5.74, 6) is -3.88. The minimum Gasteiger partial charge on any atom is -0.493 e. The molecule has 0 aliphatic heterocycles. The van der Waals surface area contributed by atoms with Crippen molar-refractivity contribution in [2.75, 3.05) is 18.2 Å². The van der Waals surface area contributed by atoms with Gasteiger partial charge in [-0.2, -0.15) is 0 Å². The number of hydrogen-bond acceptors (Lipinski definition) is 8. The van der Waals surface area contributed by atoms with Crippen LogP contribution in [0.15, 0.2) is 97.1 Å². The molecule has 0 spiro atoms. The van der Waals surface area contributed by atoms with E-state index in [1.54, 1.807) is 42.5 Å². The Bertz CT molecular complexity index is 1680. The molecule has 46 heavy (non-hydrogen) atoms. The minimum absolute atomic E-state index is 0.131. The Balaban J connectivity index is 1.68. The molecule has 0 fully saturated rings. The second-order valence-corrected chi connectivity index (χ2v) is 10.4. The van der Waals surface area contributed by atoms with Crippen molar-refractivity contribution in [1.29, 1.82) is 5.41 Å². The molecule has 12 heteroatoms. The van der Waals surface area contributed by atoms with Crippen molar-refractivity contribution in [3.8, 4) is 11.5 Å². The molecule has 1 unspecified atom stereocenters. The number of amidine groups is 1. The van der Waals surface area contributed by atoms with Gasteiger partial charge in [-0.05, 0) is 65.2 Å². The Morgan fingerprint density at radius 3 is 2.11 bits per heavy atom. The van der Waals surface area contributed by atoms with E-state index in [0.29, 0.717) is 39.6 Å². The fraction of sp³-hybridized carbons (Fsp3) is 0.176. The predicted octanol–water partition coefficient (Wildman–Crippen LogP) is 4.12. The summed E-state index contributed by atoms with van der Waals surface area (Å²) in [5, 5.41) is 33.1. The SMILES string of the molecule is COc1cc([C@H](Nc2ccc(C(=N)N)cc2)C(=O)N[C@H](C(=O)O)C(CC(=O)O)c2ccc(N)cc2)ccc1OCc1ccccc1. The van der Waals surface area contributed by atoms with E-state index in [2.05, 4.69) is 10.6 Å². The molecule has 0 saturated carbocycles. The second kappa shape index (κ2) is 15.1. The molecule has 0 aliphatic rings. The minimum atomic E-state index is -1.60. The molecule has 3 atom stereocenters. The lowest BCUT2D eigenvalue weighted by molar-refractivity contribution is -0.144. The number of benzene rings is 4. The van der Waals surface area contributed by atoms with E-state index >= 15 is 0 Å². The Morgan fingerprint density at radius 1 is 0.870 bits per heavy atom. The second-order valence-electron chi connectivity index (χ2n) is 10.4. The van der Waals surface area contributed by atoms with Gasteiger partial charge in [0.05, 0.1) is 13.5 Å².